The van der Waals surface area contributed by atoms with Gasteiger partial charge in [-0.3, -0.25) is 9.36 Å². The van der Waals surface area contributed by atoms with E-state index < -0.39 is 41.4 Å². The summed E-state index contributed by atoms with van der Waals surface area (Å²) in [5.74, 6) is -2.07. The van der Waals surface area contributed by atoms with Crippen molar-refractivity contribution in [2.75, 3.05) is 12.7 Å². The summed E-state index contributed by atoms with van der Waals surface area (Å²) in [5, 5.41) is 2.83. The number of ether oxygens (including phenoxy) is 1. The Kier molecular flexibility index (Phi) is 9.18. The quantitative estimate of drug-likeness (QED) is 0.369. The fourth-order valence-electron chi connectivity index (χ4n) is 5.39. The molecule has 1 aliphatic heterocycles. The summed E-state index contributed by atoms with van der Waals surface area (Å²) in [6.07, 6.45) is 4.13. The van der Waals surface area contributed by atoms with Crippen LogP contribution in [0.4, 0.5) is 4.79 Å². The molecular formula is C27H42N2O6P+. The van der Waals surface area contributed by atoms with Gasteiger partial charge in [0.25, 0.3) is 0 Å². The standard InChI is InChI=1S/C27H41N2O6P/c1-20-11-10-18-29(20,26(32)35-27(2,3)4)24(30)19-36(33,34)23(17-16-21-12-6-5-7-13-21)28-25(31)22-14-8-9-15-22/h5-7,12-13,20,22-23H,8-11,14-19H2,1-4H3,(H-,28,31,33,34)/p+1/t20-,23?,29?/m1/s1. The second-order valence-electron chi connectivity index (χ2n) is 11.4. The molecule has 9 heteroatoms. The van der Waals surface area contributed by atoms with Gasteiger partial charge in [0.05, 0.1) is 6.54 Å². The first kappa shape index (κ1) is 28.5. The highest BCUT2D eigenvalue weighted by Crippen LogP contribution is 2.48. The molecule has 1 aromatic carbocycles. The Morgan fingerprint density at radius 3 is 2.31 bits per heavy atom. The van der Waals surface area contributed by atoms with Crippen molar-refractivity contribution in [2.45, 2.75) is 96.5 Å². The molecule has 0 aromatic heterocycles. The van der Waals surface area contributed by atoms with E-state index in [1.54, 1.807) is 20.8 Å². The SMILES string of the molecule is C[C@@H]1CCC[N+]1(C(=O)CP(=O)(O)C(CCc1ccccc1)NC(=O)C1CCCC1)C(=O)OC(C)(C)C. The first-order valence-corrected chi connectivity index (χ1v) is 15.1. The molecule has 2 N–H and O–H groups in total. The number of carbonyl (C=O) groups is 3. The van der Waals surface area contributed by atoms with Crippen molar-refractivity contribution in [1.29, 1.82) is 0 Å². The fraction of sp³-hybridized carbons (Fsp3) is 0.667. The number of benzene rings is 1. The van der Waals surface area contributed by atoms with Crippen molar-refractivity contribution in [2.24, 2.45) is 5.92 Å². The number of nitrogens with one attached hydrogen (secondary N) is 1. The molecule has 3 unspecified atom stereocenters. The molecule has 0 bridgehead atoms. The first-order chi connectivity index (χ1) is 16.8. The van der Waals surface area contributed by atoms with Gasteiger partial charge in [-0.1, -0.05) is 43.2 Å². The Morgan fingerprint density at radius 2 is 1.75 bits per heavy atom. The third-order valence-corrected chi connectivity index (χ3v) is 9.57. The number of aryl methyl sites for hydroxylation is 1. The van der Waals surface area contributed by atoms with E-state index in [-0.39, 0.29) is 30.8 Å². The molecule has 0 radical (unpaired) electrons. The minimum absolute atomic E-state index is 0.168. The van der Waals surface area contributed by atoms with Crippen LogP contribution in [-0.4, -0.2) is 57.4 Å². The lowest BCUT2D eigenvalue weighted by Crippen LogP contribution is -2.61. The third kappa shape index (κ3) is 6.84. The zero-order valence-electron chi connectivity index (χ0n) is 22.1. The van der Waals surface area contributed by atoms with Crippen LogP contribution in [-0.2, 0) is 25.3 Å². The van der Waals surface area contributed by atoms with Gasteiger partial charge in [-0.15, -0.1) is 0 Å². The van der Waals surface area contributed by atoms with Crippen LogP contribution in [0.3, 0.4) is 0 Å². The Morgan fingerprint density at radius 1 is 1.11 bits per heavy atom. The summed E-state index contributed by atoms with van der Waals surface area (Å²) >= 11 is 0. The third-order valence-electron chi connectivity index (χ3n) is 7.48. The number of hydrogen-bond donors (Lipinski definition) is 2. The van der Waals surface area contributed by atoms with Gasteiger partial charge in [0, 0.05) is 18.8 Å². The number of rotatable bonds is 8. The summed E-state index contributed by atoms with van der Waals surface area (Å²) in [7, 11) is -4.21. The molecular weight excluding hydrogens is 479 g/mol. The van der Waals surface area contributed by atoms with E-state index in [1.165, 1.54) is 0 Å². The molecule has 4 atom stereocenters. The monoisotopic (exact) mass is 521 g/mol. The summed E-state index contributed by atoms with van der Waals surface area (Å²) in [6, 6.07) is 9.20. The lowest BCUT2D eigenvalue weighted by Gasteiger charge is -2.35. The lowest BCUT2D eigenvalue weighted by atomic mass is 10.1. The number of imide groups is 1. The Balaban J connectivity index is 1.82. The van der Waals surface area contributed by atoms with E-state index in [1.807, 2.05) is 37.3 Å². The molecule has 36 heavy (non-hydrogen) atoms. The van der Waals surface area contributed by atoms with Crippen LogP contribution in [0, 0.1) is 5.92 Å². The number of quaternary nitrogens is 1. The Labute approximate surface area is 214 Å². The molecule has 2 fully saturated rings. The molecule has 8 nitrogen and oxygen atoms in total. The molecule has 1 aromatic rings. The van der Waals surface area contributed by atoms with Crippen LogP contribution >= 0.6 is 7.37 Å². The average molecular weight is 522 g/mol. The predicted octanol–water partition coefficient (Wildman–Crippen LogP) is 4.98. The van der Waals surface area contributed by atoms with Crippen molar-refractivity contribution in [1.82, 2.24) is 5.32 Å². The van der Waals surface area contributed by atoms with Gasteiger partial charge in [0.1, 0.15) is 23.6 Å². The van der Waals surface area contributed by atoms with Gasteiger partial charge >= 0.3 is 12.0 Å². The highest BCUT2D eigenvalue weighted by molar-refractivity contribution is 7.59. The molecule has 200 valence electrons. The van der Waals surface area contributed by atoms with Crippen LogP contribution in [0.5, 0.6) is 0 Å². The smallest absolute Gasteiger partial charge is 0.414 e. The van der Waals surface area contributed by atoms with Crippen molar-refractivity contribution in [3.05, 3.63) is 35.9 Å². The molecule has 1 saturated heterocycles. The zero-order chi connectivity index (χ0) is 26.6. The zero-order valence-corrected chi connectivity index (χ0v) is 23.0. The van der Waals surface area contributed by atoms with Crippen LogP contribution < -0.4 is 5.32 Å². The Bertz CT molecular complexity index is 986. The number of hydrogen-bond acceptors (Lipinski definition) is 5. The van der Waals surface area contributed by atoms with E-state index >= 15 is 0 Å². The van der Waals surface area contributed by atoms with E-state index in [0.717, 1.165) is 31.2 Å². The second kappa shape index (κ2) is 11.6. The maximum Gasteiger partial charge on any atom is 0.524 e. The predicted molar refractivity (Wildman–Crippen MR) is 138 cm³/mol. The van der Waals surface area contributed by atoms with Gasteiger partial charge in [0.2, 0.25) is 13.3 Å². The van der Waals surface area contributed by atoms with Crippen LogP contribution in [0.25, 0.3) is 0 Å². The lowest BCUT2D eigenvalue weighted by molar-refractivity contribution is -0.792. The minimum atomic E-state index is -4.21. The number of nitrogens with zero attached hydrogens (tertiary/aromatic N) is 1. The van der Waals surface area contributed by atoms with Crippen LogP contribution in [0.15, 0.2) is 30.3 Å². The van der Waals surface area contributed by atoms with E-state index in [4.69, 9.17) is 4.74 Å². The van der Waals surface area contributed by atoms with Crippen molar-refractivity contribution < 1.29 is 33.1 Å². The maximum atomic E-state index is 13.8. The second-order valence-corrected chi connectivity index (χ2v) is 13.9. The largest absolute Gasteiger partial charge is 0.524 e. The minimum Gasteiger partial charge on any atom is -0.414 e. The fourth-order valence-corrected chi connectivity index (χ4v) is 7.11. The van der Waals surface area contributed by atoms with E-state index in [0.29, 0.717) is 19.3 Å². The molecule has 0 spiro atoms. The molecule has 1 saturated carbocycles. The summed E-state index contributed by atoms with van der Waals surface area (Å²) in [6.45, 7) is 7.27. The van der Waals surface area contributed by atoms with Crippen molar-refractivity contribution in [3.8, 4) is 0 Å². The molecule has 1 heterocycles. The van der Waals surface area contributed by atoms with E-state index in [2.05, 4.69) is 5.32 Å². The topological polar surface area (TPSA) is 110 Å². The summed E-state index contributed by atoms with van der Waals surface area (Å²) in [5.41, 5.74) is 0.191. The van der Waals surface area contributed by atoms with Crippen molar-refractivity contribution in [3.63, 3.8) is 0 Å². The molecule has 1 aliphatic carbocycles. The molecule has 3 amide bonds. The van der Waals surface area contributed by atoms with Crippen LogP contribution in [0.1, 0.15) is 78.2 Å². The van der Waals surface area contributed by atoms with Gasteiger partial charge < -0.3 is 14.9 Å². The molecule has 2 aliphatic rings. The van der Waals surface area contributed by atoms with Crippen LogP contribution in [0.2, 0.25) is 0 Å². The normalized spacial score (nSPS) is 25.2. The number of carbonyl (C=O) groups excluding carboxylic acids is 3. The number of amides is 3. The highest BCUT2D eigenvalue weighted by Gasteiger charge is 2.56. The number of likely N-dealkylation sites (tertiary alicyclic amines) is 1. The molecule has 3 rings (SSSR count). The average Bonchev–Trinajstić information content (AvgIpc) is 3.46. The Hall–Kier alpha value is -2.02. The van der Waals surface area contributed by atoms with Crippen molar-refractivity contribution >= 4 is 25.3 Å². The van der Waals surface area contributed by atoms with Gasteiger partial charge in [-0.25, -0.2) is 4.79 Å². The van der Waals surface area contributed by atoms with Gasteiger partial charge in [-0.05, 0) is 58.9 Å². The maximum absolute atomic E-state index is 13.8. The first-order valence-electron chi connectivity index (χ1n) is 13.2. The van der Waals surface area contributed by atoms with Gasteiger partial charge in [-0.2, -0.15) is 9.28 Å². The summed E-state index contributed by atoms with van der Waals surface area (Å²) in [4.78, 5) is 51.1. The highest BCUT2D eigenvalue weighted by atomic mass is 31.2. The summed E-state index contributed by atoms with van der Waals surface area (Å²) < 4.78 is 18.8. The van der Waals surface area contributed by atoms with E-state index in [9.17, 15) is 23.8 Å². The van der Waals surface area contributed by atoms with Gasteiger partial charge in [0.15, 0.2) is 0 Å².